The highest BCUT2D eigenvalue weighted by Gasteiger charge is 2.41. The number of carbonyl (C=O) groups excluding carboxylic acids is 1. The van der Waals surface area contributed by atoms with E-state index in [4.69, 9.17) is 0 Å². The van der Waals surface area contributed by atoms with Gasteiger partial charge in [-0.25, -0.2) is 8.60 Å². The first-order valence-electron chi connectivity index (χ1n) is 10.2. The lowest BCUT2D eigenvalue weighted by Gasteiger charge is -2.37. The fourth-order valence-corrected chi connectivity index (χ4v) is 7.04. The van der Waals surface area contributed by atoms with E-state index in [1.165, 1.54) is 16.9 Å². The minimum Gasteiger partial charge on any atom is -0.297 e. The number of likely N-dealkylation sites (tertiary alicyclic amines) is 1. The van der Waals surface area contributed by atoms with E-state index in [1.54, 1.807) is 18.2 Å². The fraction of sp³-hybridized carbons (Fsp3) is 0.435. The van der Waals surface area contributed by atoms with Crippen molar-refractivity contribution in [3.63, 3.8) is 0 Å². The molecule has 29 heavy (non-hydrogen) atoms. The molecule has 0 bridgehead atoms. The SMILES string of the molecule is Cc1ccc(S(=O)SC2CCCN(C(C(=O)C3CC3)c3ccccc3F)C2)cc1. The minimum atomic E-state index is -1.14. The van der Waals surface area contributed by atoms with Crippen LogP contribution in [0.5, 0.6) is 0 Å². The Morgan fingerprint density at radius 1 is 1.14 bits per heavy atom. The van der Waals surface area contributed by atoms with E-state index < -0.39 is 15.9 Å². The molecule has 0 radical (unpaired) electrons. The minimum absolute atomic E-state index is 0.0642. The molecule has 6 heteroatoms. The maximum absolute atomic E-state index is 14.6. The Hall–Kier alpha value is -1.50. The lowest BCUT2D eigenvalue weighted by atomic mass is 9.95. The summed E-state index contributed by atoms with van der Waals surface area (Å²) in [6.07, 6.45) is 3.70. The van der Waals surface area contributed by atoms with Crippen LogP contribution in [0.2, 0.25) is 0 Å². The van der Waals surface area contributed by atoms with E-state index in [2.05, 4.69) is 4.90 Å². The Kier molecular flexibility index (Phi) is 6.52. The van der Waals surface area contributed by atoms with Crippen LogP contribution in [0.3, 0.4) is 0 Å². The Morgan fingerprint density at radius 2 is 1.86 bits per heavy atom. The lowest BCUT2D eigenvalue weighted by Crippen LogP contribution is -2.43. The topological polar surface area (TPSA) is 37.4 Å². The van der Waals surface area contributed by atoms with Gasteiger partial charge in [-0.3, -0.25) is 9.69 Å². The van der Waals surface area contributed by atoms with Gasteiger partial charge < -0.3 is 0 Å². The van der Waals surface area contributed by atoms with Crippen molar-refractivity contribution in [2.75, 3.05) is 13.1 Å². The van der Waals surface area contributed by atoms with Crippen molar-refractivity contribution in [2.24, 2.45) is 5.92 Å². The van der Waals surface area contributed by atoms with Crippen LogP contribution in [-0.4, -0.2) is 33.2 Å². The first-order chi connectivity index (χ1) is 14.0. The van der Waals surface area contributed by atoms with Crippen LogP contribution in [0, 0.1) is 18.7 Å². The highest BCUT2D eigenvalue weighted by atomic mass is 33.1. The highest BCUT2D eigenvalue weighted by Crippen LogP contribution is 2.40. The molecule has 0 N–H and O–H groups in total. The Labute approximate surface area is 177 Å². The average Bonchev–Trinajstić information content (AvgIpc) is 3.56. The van der Waals surface area contributed by atoms with Gasteiger partial charge in [0.15, 0.2) is 5.78 Å². The number of aryl methyl sites for hydroxylation is 1. The van der Waals surface area contributed by atoms with Crippen molar-refractivity contribution < 1.29 is 13.4 Å². The van der Waals surface area contributed by atoms with Gasteiger partial charge in [-0.2, -0.15) is 0 Å². The number of nitrogens with zero attached hydrogens (tertiary/aromatic N) is 1. The first-order valence-corrected chi connectivity index (χ1v) is 12.8. The molecule has 3 unspecified atom stereocenters. The molecule has 0 aromatic heterocycles. The third-order valence-electron chi connectivity index (χ3n) is 5.66. The van der Waals surface area contributed by atoms with E-state index in [1.807, 2.05) is 31.2 Å². The van der Waals surface area contributed by atoms with Crippen LogP contribution >= 0.6 is 10.8 Å². The van der Waals surface area contributed by atoms with Crippen LogP contribution in [0.1, 0.15) is 42.9 Å². The summed E-state index contributed by atoms with van der Waals surface area (Å²) in [4.78, 5) is 16.0. The summed E-state index contributed by atoms with van der Waals surface area (Å²) in [5, 5.41) is 0.159. The third kappa shape index (κ3) is 4.98. The smallest absolute Gasteiger partial charge is 0.157 e. The monoisotopic (exact) mass is 431 g/mol. The molecule has 2 aliphatic rings. The second-order valence-corrected chi connectivity index (χ2v) is 11.3. The molecular formula is C23H26FNO2S2. The highest BCUT2D eigenvalue weighted by molar-refractivity contribution is 8.69. The summed E-state index contributed by atoms with van der Waals surface area (Å²) in [6.45, 7) is 3.43. The number of halogens is 1. The number of hydrogen-bond donors (Lipinski definition) is 0. The number of Topliss-reactive ketones (excluding diaryl/α,β-unsaturated/α-hetero) is 1. The molecule has 1 saturated carbocycles. The molecule has 1 saturated heterocycles. The number of piperidine rings is 1. The molecule has 1 aliphatic heterocycles. The predicted octanol–water partition coefficient (Wildman–Crippen LogP) is 5.07. The normalized spacial score (nSPS) is 22.2. The predicted molar refractivity (Wildman–Crippen MR) is 117 cm³/mol. The quantitative estimate of drug-likeness (QED) is 0.573. The van der Waals surface area contributed by atoms with Gasteiger partial charge in [-0.1, -0.05) is 46.7 Å². The molecule has 3 atom stereocenters. The first kappa shape index (κ1) is 20.8. The number of carbonyl (C=O) groups is 1. The zero-order valence-electron chi connectivity index (χ0n) is 16.6. The van der Waals surface area contributed by atoms with Gasteiger partial charge in [-0.15, -0.1) is 0 Å². The molecule has 1 heterocycles. The number of rotatable bonds is 7. The summed E-state index contributed by atoms with van der Waals surface area (Å²) in [5.41, 5.74) is 1.63. The van der Waals surface area contributed by atoms with Gasteiger partial charge >= 0.3 is 0 Å². The van der Waals surface area contributed by atoms with Gasteiger partial charge in [0, 0.05) is 28.2 Å². The van der Waals surface area contributed by atoms with Crippen molar-refractivity contribution in [1.29, 1.82) is 0 Å². The summed E-state index contributed by atoms with van der Waals surface area (Å²) >= 11 is 0. The fourth-order valence-electron chi connectivity index (χ4n) is 3.93. The van der Waals surface area contributed by atoms with Crippen molar-refractivity contribution in [2.45, 2.75) is 48.8 Å². The maximum Gasteiger partial charge on any atom is 0.157 e. The number of hydrogen-bond acceptors (Lipinski definition) is 4. The summed E-state index contributed by atoms with van der Waals surface area (Å²) < 4.78 is 27.4. The van der Waals surface area contributed by atoms with Crippen molar-refractivity contribution in [1.82, 2.24) is 4.90 Å². The van der Waals surface area contributed by atoms with Gasteiger partial charge in [0.05, 0.1) is 6.04 Å². The molecule has 0 amide bonds. The molecular weight excluding hydrogens is 405 g/mol. The van der Waals surface area contributed by atoms with Crippen LogP contribution in [0.4, 0.5) is 4.39 Å². The molecule has 1 aliphatic carbocycles. The average molecular weight is 432 g/mol. The zero-order chi connectivity index (χ0) is 20.4. The summed E-state index contributed by atoms with van der Waals surface area (Å²) in [7, 11) is 0.319. The van der Waals surface area contributed by atoms with Crippen molar-refractivity contribution in [3.8, 4) is 0 Å². The molecule has 2 fully saturated rings. The van der Waals surface area contributed by atoms with Gasteiger partial charge in [0.2, 0.25) is 0 Å². The zero-order valence-corrected chi connectivity index (χ0v) is 18.2. The molecule has 4 rings (SSSR count). The summed E-state index contributed by atoms with van der Waals surface area (Å²) in [6, 6.07) is 13.9. The van der Waals surface area contributed by atoms with Crippen LogP contribution < -0.4 is 0 Å². The van der Waals surface area contributed by atoms with Crippen LogP contribution in [0.25, 0.3) is 0 Å². The molecule has 2 aromatic rings. The molecule has 3 nitrogen and oxygen atoms in total. The Bertz CT molecular complexity index is 898. The van der Waals surface area contributed by atoms with E-state index in [-0.39, 0.29) is 22.8 Å². The van der Waals surface area contributed by atoms with E-state index in [9.17, 15) is 13.4 Å². The van der Waals surface area contributed by atoms with Crippen LogP contribution in [-0.2, 0) is 14.6 Å². The third-order valence-corrected chi connectivity index (χ3v) is 9.07. The second-order valence-electron chi connectivity index (χ2n) is 8.00. The number of ketones is 1. The molecule has 0 spiro atoms. The molecule has 154 valence electrons. The lowest BCUT2D eigenvalue weighted by molar-refractivity contribution is -0.126. The van der Waals surface area contributed by atoms with Crippen LogP contribution in [0.15, 0.2) is 53.4 Å². The maximum atomic E-state index is 14.6. The molecule has 2 aromatic carbocycles. The standard InChI is InChI=1S/C23H26FNO2S2/c1-16-8-12-19(13-9-16)29(27)28-18-5-4-14-25(15-18)22(23(26)17-10-11-17)20-6-2-3-7-21(20)24/h2-3,6-9,12-13,17-18,22H,4-5,10-11,14-15H2,1H3. The van der Waals surface area contributed by atoms with Crippen molar-refractivity contribution in [3.05, 3.63) is 65.5 Å². The van der Waals surface area contributed by atoms with E-state index in [0.29, 0.717) is 12.1 Å². The van der Waals surface area contributed by atoms with Gasteiger partial charge in [-0.05, 0) is 57.4 Å². The van der Waals surface area contributed by atoms with Gasteiger partial charge in [0.25, 0.3) is 0 Å². The Morgan fingerprint density at radius 3 is 2.55 bits per heavy atom. The van der Waals surface area contributed by atoms with E-state index >= 15 is 0 Å². The summed E-state index contributed by atoms with van der Waals surface area (Å²) in [5.74, 6) is -0.112. The van der Waals surface area contributed by atoms with E-state index in [0.717, 1.165) is 42.7 Å². The Balaban J connectivity index is 1.50. The number of benzene rings is 2. The van der Waals surface area contributed by atoms with Gasteiger partial charge in [0.1, 0.15) is 15.6 Å². The van der Waals surface area contributed by atoms with Crippen molar-refractivity contribution >= 4 is 26.4 Å². The second kappa shape index (κ2) is 9.11. The largest absolute Gasteiger partial charge is 0.297 e.